The lowest BCUT2D eigenvalue weighted by molar-refractivity contribution is 0.250. The van der Waals surface area contributed by atoms with Crippen LogP contribution in [0.1, 0.15) is 59.2 Å². The van der Waals surface area contributed by atoms with Crippen LogP contribution in [-0.2, 0) is 12.0 Å². The summed E-state index contributed by atoms with van der Waals surface area (Å²) >= 11 is 0. The van der Waals surface area contributed by atoms with Crippen molar-refractivity contribution in [3.05, 3.63) is 24.0 Å². The van der Waals surface area contributed by atoms with Gasteiger partial charge in [-0.15, -0.1) is 0 Å². The zero-order chi connectivity index (χ0) is 14.8. The first-order chi connectivity index (χ1) is 9.61. The first kappa shape index (κ1) is 14.9. The maximum atomic E-state index is 5.91. The van der Waals surface area contributed by atoms with Gasteiger partial charge in [0.2, 0.25) is 0 Å². The van der Waals surface area contributed by atoms with Gasteiger partial charge in [-0.05, 0) is 43.9 Å². The van der Waals surface area contributed by atoms with Crippen LogP contribution in [0.3, 0.4) is 0 Å². The van der Waals surface area contributed by atoms with E-state index in [9.17, 15) is 0 Å². The minimum atomic E-state index is 0.176. The quantitative estimate of drug-likeness (QED) is 0.788. The number of nitrogen functional groups attached to an aromatic ring is 1. The third kappa shape index (κ3) is 2.30. The Morgan fingerprint density at radius 3 is 2.30 bits per heavy atom. The number of nitrogens with zero attached hydrogens (tertiary/aromatic N) is 2. The van der Waals surface area contributed by atoms with Crippen LogP contribution in [0.25, 0.3) is 11.0 Å². The minimum Gasteiger partial charge on any atom is -0.399 e. The molecule has 2 aromatic rings. The zero-order valence-corrected chi connectivity index (χ0v) is 13.2. The molecule has 0 bridgehead atoms. The number of aryl methyl sites for hydroxylation is 1. The number of hydrogen-bond donors (Lipinski definition) is 1. The molecule has 0 aliphatic carbocycles. The number of fused-ring (bicyclic) bond motifs is 1. The van der Waals surface area contributed by atoms with E-state index in [1.54, 1.807) is 0 Å². The molecule has 20 heavy (non-hydrogen) atoms. The first-order valence-electron chi connectivity index (χ1n) is 7.89. The summed E-state index contributed by atoms with van der Waals surface area (Å²) in [4.78, 5) is 4.86. The lowest BCUT2D eigenvalue weighted by Gasteiger charge is -2.34. The fourth-order valence-electron chi connectivity index (χ4n) is 3.29. The smallest absolute Gasteiger partial charge is 0.110 e. The van der Waals surface area contributed by atoms with Crippen LogP contribution in [0.15, 0.2) is 18.2 Å². The highest BCUT2D eigenvalue weighted by molar-refractivity contribution is 5.80. The fraction of sp³-hybridized carbons (Fsp3) is 0.588. The van der Waals surface area contributed by atoms with Crippen molar-refractivity contribution in [3.63, 3.8) is 0 Å². The van der Waals surface area contributed by atoms with Crippen LogP contribution in [0.4, 0.5) is 5.69 Å². The standard InChI is InChI=1S/C17H27N3/c1-5-9-16-19-14-12-13(18)10-11-15(14)20(16)17(6-2,7-3)8-4/h10-12H,5-9,18H2,1-4H3. The second-order valence-corrected chi connectivity index (χ2v) is 5.65. The molecule has 3 heteroatoms. The highest BCUT2D eigenvalue weighted by Crippen LogP contribution is 2.35. The van der Waals surface area contributed by atoms with Gasteiger partial charge in [-0.1, -0.05) is 27.7 Å². The van der Waals surface area contributed by atoms with Crippen molar-refractivity contribution < 1.29 is 0 Å². The van der Waals surface area contributed by atoms with Gasteiger partial charge in [0, 0.05) is 17.6 Å². The molecule has 0 radical (unpaired) electrons. The molecule has 0 spiro atoms. The van der Waals surface area contributed by atoms with E-state index in [1.165, 1.54) is 11.3 Å². The first-order valence-corrected chi connectivity index (χ1v) is 7.89. The summed E-state index contributed by atoms with van der Waals surface area (Å²) in [5, 5.41) is 0. The maximum Gasteiger partial charge on any atom is 0.110 e. The number of aromatic nitrogens is 2. The zero-order valence-electron chi connectivity index (χ0n) is 13.2. The molecule has 1 aromatic carbocycles. The topological polar surface area (TPSA) is 43.8 Å². The fourth-order valence-corrected chi connectivity index (χ4v) is 3.29. The Kier molecular flexibility index (Phi) is 4.36. The van der Waals surface area contributed by atoms with Gasteiger partial charge < -0.3 is 10.3 Å². The monoisotopic (exact) mass is 273 g/mol. The molecule has 0 saturated carbocycles. The highest BCUT2D eigenvalue weighted by atomic mass is 15.1. The van der Waals surface area contributed by atoms with Gasteiger partial charge in [-0.3, -0.25) is 0 Å². The second-order valence-electron chi connectivity index (χ2n) is 5.65. The lowest BCUT2D eigenvalue weighted by atomic mass is 9.88. The molecule has 0 aliphatic heterocycles. The second kappa shape index (κ2) is 5.86. The molecule has 0 aliphatic rings. The van der Waals surface area contributed by atoms with Gasteiger partial charge in [0.05, 0.1) is 11.0 Å². The summed E-state index contributed by atoms with van der Waals surface area (Å²) in [6.07, 6.45) is 5.54. The Morgan fingerprint density at radius 1 is 1.10 bits per heavy atom. The molecule has 2 N–H and O–H groups in total. The van der Waals surface area contributed by atoms with E-state index in [4.69, 9.17) is 10.7 Å². The van der Waals surface area contributed by atoms with Crippen molar-refractivity contribution in [3.8, 4) is 0 Å². The van der Waals surface area contributed by atoms with Crippen molar-refractivity contribution in [2.45, 2.75) is 65.3 Å². The van der Waals surface area contributed by atoms with E-state index < -0.39 is 0 Å². The Balaban J connectivity index is 2.73. The molecule has 0 atom stereocenters. The molecular weight excluding hydrogens is 246 g/mol. The van der Waals surface area contributed by atoms with E-state index in [0.29, 0.717) is 0 Å². The van der Waals surface area contributed by atoms with Gasteiger partial charge >= 0.3 is 0 Å². The summed E-state index contributed by atoms with van der Waals surface area (Å²) in [5.74, 6) is 1.21. The molecular formula is C17H27N3. The number of hydrogen-bond acceptors (Lipinski definition) is 2. The van der Waals surface area contributed by atoms with E-state index in [-0.39, 0.29) is 5.54 Å². The van der Waals surface area contributed by atoms with E-state index in [0.717, 1.165) is 43.3 Å². The SMILES string of the molecule is CCCc1nc2cc(N)ccc2n1C(CC)(CC)CC. The minimum absolute atomic E-state index is 0.176. The van der Waals surface area contributed by atoms with E-state index >= 15 is 0 Å². The number of benzene rings is 1. The summed E-state index contributed by atoms with van der Waals surface area (Å²) < 4.78 is 2.49. The number of imidazole rings is 1. The highest BCUT2D eigenvalue weighted by Gasteiger charge is 2.30. The normalized spacial score (nSPS) is 12.2. The Morgan fingerprint density at radius 2 is 1.75 bits per heavy atom. The van der Waals surface area contributed by atoms with Gasteiger partial charge in [0.1, 0.15) is 5.82 Å². The van der Waals surface area contributed by atoms with Crippen molar-refractivity contribution in [1.29, 1.82) is 0 Å². The molecule has 3 nitrogen and oxygen atoms in total. The van der Waals surface area contributed by atoms with Crippen LogP contribution in [-0.4, -0.2) is 9.55 Å². The molecule has 0 amide bonds. The largest absolute Gasteiger partial charge is 0.399 e. The molecule has 1 heterocycles. The summed E-state index contributed by atoms with van der Waals surface area (Å²) in [7, 11) is 0. The van der Waals surface area contributed by atoms with Crippen molar-refractivity contribution in [1.82, 2.24) is 9.55 Å². The molecule has 0 fully saturated rings. The molecule has 0 unspecified atom stereocenters. The summed E-state index contributed by atoms with van der Waals surface area (Å²) in [5.41, 5.74) is 9.15. The van der Waals surface area contributed by atoms with Crippen molar-refractivity contribution in [2.24, 2.45) is 0 Å². The molecule has 2 rings (SSSR count). The third-order valence-corrected chi connectivity index (χ3v) is 4.67. The Labute approximate surface area is 122 Å². The molecule has 1 aromatic heterocycles. The summed E-state index contributed by atoms with van der Waals surface area (Å²) in [6, 6.07) is 6.12. The van der Waals surface area contributed by atoms with Gasteiger partial charge in [-0.2, -0.15) is 0 Å². The maximum absolute atomic E-state index is 5.91. The number of rotatable bonds is 6. The summed E-state index contributed by atoms with van der Waals surface area (Å²) in [6.45, 7) is 9.06. The average molecular weight is 273 g/mol. The average Bonchev–Trinajstić information content (AvgIpc) is 2.80. The van der Waals surface area contributed by atoms with Crippen LogP contribution < -0.4 is 5.73 Å². The number of nitrogens with two attached hydrogens (primary N) is 1. The van der Waals surface area contributed by atoms with E-state index in [1.807, 2.05) is 12.1 Å². The van der Waals surface area contributed by atoms with E-state index in [2.05, 4.69) is 38.3 Å². The molecule has 110 valence electrons. The van der Waals surface area contributed by atoms with Crippen molar-refractivity contribution in [2.75, 3.05) is 5.73 Å². The predicted molar refractivity (Wildman–Crippen MR) is 87.0 cm³/mol. The Hall–Kier alpha value is -1.51. The van der Waals surface area contributed by atoms with Crippen LogP contribution in [0.5, 0.6) is 0 Å². The Bertz CT molecular complexity index is 571. The van der Waals surface area contributed by atoms with Crippen LogP contribution >= 0.6 is 0 Å². The van der Waals surface area contributed by atoms with Gasteiger partial charge in [-0.25, -0.2) is 4.98 Å². The lowest BCUT2D eigenvalue weighted by Crippen LogP contribution is -2.33. The van der Waals surface area contributed by atoms with Crippen LogP contribution in [0.2, 0.25) is 0 Å². The molecule has 0 saturated heterocycles. The predicted octanol–water partition coefficient (Wildman–Crippen LogP) is 4.50. The van der Waals surface area contributed by atoms with Gasteiger partial charge in [0.15, 0.2) is 0 Å². The van der Waals surface area contributed by atoms with Gasteiger partial charge in [0.25, 0.3) is 0 Å². The number of anilines is 1. The third-order valence-electron chi connectivity index (χ3n) is 4.67. The van der Waals surface area contributed by atoms with Crippen molar-refractivity contribution >= 4 is 16.7 Å². The van der Waals surface area contributed by atoms with Crippen LogP contribution in [0, 0.1) is 0 Å².